The predicted octanol–water partition coefficient (Wildman–Crippen LogP) is 3.57. The van der Waals surface area contributed by atoms with Gasteiger partial charge in [0.25, 0.3) is 0 Å². The third-order valence-corrected chi connectivity index (χ3v) is 3.55. The van der Waals surface area contributed by atoms with Crippen LogP contribution in [0.3, 0.4) is 0 Å². The molecule has 0 aromatic heterocycles. The lowest BCUT2D eigenvalue weighted by molar-refractivity contribution is 0.405. The van der Waals surface area contributed by atoms with Crippen LogP contribution in [0, 0.1) is 0 Å². The molecule has 0 spiro atoms. The van der Waals surface area contributed by atoms with Crippen molar-refractivity contribution in [3.63, 3.8) is 0 Å². The maximum Gasteiger partial charge on any atom is 0.134 e. The lowest BCUT2D eigenvalue weighted by Crippen LogP contribution is -1.90. The molecule has 17 heavy (non-hydrogen) atoms. The summed E-state index contributed by atoms with van der Waals surface area (Å²) < 4.78 is 5.31. The zero-order valence-corrected chi connectivity index (χ0v) is 10.5. The van der Waals surface area contributed by atoms with Crippen LogP contribution in [-0.4, -0.2) is 7.11 Å². The molecule has 0 saturated carbocycles. The first-order chi connectivity index (χ1) is 8.29. The second-order valence-electron chi connectivity index (χ2n) is 3.68. The Balaban J connectivity index is 2.09. The van der Waals surface area contributed by atoms with Gasteiger partial charge in [-0.1, -0.05) is 30.3 Å². The van der Waals surface area contributed by atoms with Crippen LogP contribution in [0.4, 0.5) is 5.69 Å². The van der Waals surface area contributed by atoms with E-state index in [0.29, 0.717) is 0 Å². The molecule has 2 N–H and O–H groups in total. The summed E-state index contributed by atoms with van der Waals surface area (Å²) in [5.74, 6) is 1.77. The smallest absolute Gasteiger partial charge is 0.134 e. The van der Waals surface area contributed by atoms with Gasteiger partial charge >= 0.3 is 0 Å². The van der Waals surface area contributed by atoms with Gasteiger partial charge in [-0.2, -0.15) is 0 Å². The van der Waals surface area contributed by atoms with Crippen molar-refractivity contribution in [2.75, 3.05) is 12.8 Å². The molecule has 0 aliphatic rings. The van der Waals surface area contributed by atoms with Crippen LogP contribution >= 0.6 is 11.8 Å². The second-order valence-corrected chi connectivity index (χ2v) is 4.70. The molecule has 2 rings (SSSR count). The van der Waals surface area contributed by atoms with Crippen LogP contribution in [0.15, 0.2) is 53.4 Å². The SMILES string of the molecule is COc1cc(N)ccc1SCc1ccccc1. The highest BCUT2D eigenvalue weighted by molar-refractivity contribution is 7.98. The second kappa shape index (κ2) is 5.64. The van der Waals surface area contributed by atoms with E-state index in [1.165, 1.54) is 5.56 Å². The first kappa shape index (κ1) is 11.9. The monoisotopic (exact) mass is 245 g/mol. The zero-order chi connectivity index (χ0) is 12.1. The Hall–Kier alpha value is -1.61. The molecule has 3 heteroatoms. The minimum Gasteiger partial charge on any atom is -0.496 e. The number of benzene rings is 2. The van der Waals surface area contributed by atoms with Gasteiger partial charge in [0.2, 0.25) is 0 Å². The molecule has 2 aromatic carbocycles. The molecule has 0 atom stereocenters. The highest BCUT2D eigenvalue weighted by Crippen LogP contribution is 2.32. The number of hydrogen-bond acceptors (Lipinski definition) is 3. The van der Waals surface area contributed by atoms with Gasteiger partial charge in [0.15, 0.2) is 0 Å². The van der Waals surface area contributed by atoms with E-state index in [1.54, 1.807) is 18.9 Å². The summed E-state index contributed by atoms with van der Waals surface area (Å²) in [6, 6.07) is 16.1. The number of nitrogens with two attached hydrogens (primary N) is 1. The summed E-state index contributed by atoms with van der Waals surface area (Å²) in [6.07, 6.45) is 0. The van der Waals surface area contributed by atoms with Gasteiger partial charge in [0.1, 0.15) is 5.75 Å². The Morgan fingerprint density at radius 3 is 2.59 bits per heavy atom. The highest BCUT2D eigenvalue weighted by atomic mass is 32.2. The van der Waals surface area contributed by atoms with E-state index in [-0.39, 0.29) is 0 Å². The molecular weight excluding hydrogens is 230 g/mol. The molecular formula is C14H15NOS. The van der Waals surface area contributed by atoms with Gasteiger partial charge in [-0.3, -0.25) is 0 Å². The van der Waals surface area contributed by atoms with E-state index < -0.39 is 0 Å². The first-order valence-corrected chi connectivity index (χ1v) is 6.38. The Morgan fingerprint density at radius 2 is 1.88 bits per heavy atom. The average molecular weight is 245 g/mol. The molecule has 0 heterocycles. The minimum atomic E-state index is 0.728. The molecule has 0 saturated heterocycles. The molecule has 0 radical (unpaired) electrons. The van der Waals surface area contributed by atoms with Crippen molar-refractivity contribution in [3.8, 4) is 5.75 Å². The normalized spacial score (nSPS) is 10.2. The van der Waals surface area contributed by atoms with E-state index in [0.717, 1.165) is 22.1 Å². The van der Waals surface area contributed by atoms with Crippen molar-refractivity contribution >= 4 is 17.4 Å². The van der Waals surface area contributed by atoms with Gasteiger partial charge in [-0.05, 0) is 17.7 Å². The van der Waals surface area contributed by atoms with Gasteiger partial charge in [-0.15, -0.1) is 11.8 Å². The quantitative estimate of drug-likeness (QED) is 0.660. The number of methoxy groups -OCH3 is 1. The molecule has 0 unspecified atom stereocenters. The predicted molar refractivity (Wildman–Crippen MR) is 73.4 cm³/mol. The summed E-state index contributed by atoms with van der Waals surface area (Å²) in [7, 11) is 1.67. The number of ether oxygens (including phenoxy) is 1. The summed E-state index contributed by atoms with van der Waals surface area (Å²) in [6.45, 7) is 0. The van der Waals surface area contributed by atoms with E-state index in [9.17, 15) is 0 Å². The molecule has 0 aliphatic heterocycles. The summed E-state index contributed by atoms with van der Waals surface area (Å²) in [5, 5.41) is 0. The van der Waals surface area contributed by atoms with Gasteiger partial charge in [0.05, 0.1) is 7.11 Å². The van der Waals surface area contributed by atoms with E-state index in [4.69, 9.17) is 10.5 Å². The number of hydrogen-bond donors (Lipinski definition) is 1. The third kappa shape index (κ3) is 3.17. The highest BCUT2D eigenvalue weighted by Gasteiger charge is 2.04. The number of rotatable bonds is 4. The largest absolute Gasteiger partial charge is 0.496 e. The van der Waals surface area contributed by atoms with E-state index in [1.807, 2.05) is 24.3 Å². The van der Waals surface area contributed by atoms with Gasteiger partial charge in [0, 0.05) is 22.4 Å². The van der Waals surface area contributed by atoms with Crippen molar-refractivity contribution in [2.24, 2.45) is 0 Å². The van der Waals surface area contributed by atoms with Gasteiger partial charge < -0.3 is 10.5 Å². The van der Waals surface area contributed by atoms with Crippen LogP contribution in [0.25, 0.3) is 0 Å². The van der Waals surface area contributed by atoms with Crippen molar-refractivity contribution in [1.82, 2.24) is 0 Å². The average Bonchev–Trinajstić information content (AvgIpc) is 2.38. The fraction of sp³-hybridized carbons (Fsp3) is 0.143. The van der Waals surface area contributed by atoms with Crippen molar-refractivity contribution in [2.45, 2.75) is 10.6 Å². The molecule has 88 valence electrons. The maximum absolute atomic E-state index is 5.72. The van der Waals surface area contributed by atoms with Crippen molar-refractivity contribution in [3.05, 3.63) is 54.1 Å². The minimum absolute atomic E-state index is 0.728. The lowest BCUT2D eigenvalue weighted by atomic mass is 10.2. The Kier molecular flexibility index (Phi) is 3.94. The van der Waals surface area contributed by atoms with Crippen LogP contribution < -0.4 is 10.5 Å². The topological polar surface area (TPSA) is 35.2 Å². The van der Waals surface area contributed by atoms with Crippen molar-refractivity contribution in [1.29, 1.82) is 0 Å². The number of nitrogen functional groups attached to an aromatic ring is 1. The number of thioether (sulfide) groups is 1. The molecule has 0 bridgehead atoms. The molecule has 2 nitrogen and oxygen atoms in total. The standard InChI is InChI=1S/C14H15NOS/c1-16-13-9-12(15)7-8-14(13)17-10-11-5-3-2-4-6-11/h2-9H,10,15H2,1H3. The number of anilines is 1. The van der Waals surface area contributed by atoms with Crippen LogP contribution in [0.1, 0.15) is 5.56 Å². The van der Waals surface area contributed by atoms with Crippen LogP contribution in [-0.2, 0) is 5.75 Å². The van der Waals surface area contributed by atoms with E-state index >= 15 is 0 Å². The fourth-order valence-electron chi connectivity index (χ4n) is 1.54. The maximum atomic E-state index is 5.72. The van der Waals surface area contributed by atoms with E-state index in [2.05, 4.69) is 24.3 Å². The molecule has 0 amide bonds. The summed E-state index contributed by atoms with van der Waals surface area (Å²) >= 11 is 1.75. The lowest BCUT2D eigenvalue weighted by Gasteiger charge is -2.08. The first-order valence-electron chi connectivity index (χ1n) is 5.40. The van der Waals surface area contributed by atoms with Crippen molar-refractivity contribution < 1.29 is 4.74 Å². The Labute approximate surface area is 106 Å². The summed E-state index contributed by atoms with van der Waals surface area (Å²) in [4.78, 5) is 1.12. The third-order valence-electron chi connectivity index (χ3n) is 2.42. The van der Waals surface area contributed by atoms with Crippen LogP contribution in [0.2, 0.25) is 0 Å². The molecule has 0 aliphatic carbocycles. The Bertz CT molecular complexity index is 485. The zero-order valence-electron chi connectivity index (χ0n) is 9.72. The molecule has 0 fully saturated rings. The fourth-order valence-corrected chi connectivity index (χ4v) is 2.50. The van der Waals surface area contributed by atoms with Gasteiger partial charge in [-0.25, -0.2) is 0 Å². The molecule has 2 aromatic rings. The Morgan fingerprint density at radius 1 is 1.12 bits per heavy atom. The van der Waals surface area contributed by atoms with Crippen LogP contribution in [0.5, 0.6) is 5.75 Å². The summed E-state index contributed by atoms with van der Waals surface area (Å²) in [5.41, 5.74) is 7.75.